The van der Waals surface area contributed by atoms with Crippen molar-refractivity contribution in [2.24, 2.45) is 16.7 Å². The van der Waals surface area contributed by atoms with Crippen molar-refractivity contribution >= 4 is 10.0 Å². The molecule has 1 saturated heterocycles. The molecule has 5 heteroatoms. The predicted molar refractivity (Wildman–Crippen MR) is 73.9 cm³/mol. The molecule has 0 aromatic heterocycles. The molecule has 106 valence electrons. The van der Waals surface area contributed by atoms with Gasteiger partial charge in [0.2, 0.25) is 10.0 Å². The van der Waals surface area contributed by atoms with Gasteiger partial charge in [0.25, 0.3) is 0 Å². The van der Waals surface area contributed by atoms with Crippen molar-refractivity contribution in [3.63, 3.8) is 0 Å². The molecule has 1 saturated carbocycles. The molecule has 2 aliphatic rings. The zero-order chi connectivity index (χ0) is 13.6. The quantitative estimate of drug-likeness (QED) is 0.813. The van der Waals surface area contributed by atoms with E-state index in [1.54, 1.807) is 0 Å². The molecule has 0 unspecified atom stereocenters. The number of rotatable bonds is 4. The minimum absolute atomic E-state index is 0.205. The van der Waals surface area contributed by atoms with Gasteiger partial charge in [-0.3, -0.25) is 0 Å². The van der Waals surface area contributed by atoms with Gasteiger partial charge in [0, 0.05) is 6.54 Å². The summed E-state index contributed by atoms with van der Waals surface area (Å²) in [5.41, 5.74) is 0.479. The molecular formula is C13H26N2O2S. The van der Waals surface area contributed by atoms with E-state index >= 15 is 0 Å². The van der Waals surface area contributed by atoms with E-state index in [4.69, 9.17) is 0 Å². The lowest BCUT2D eigenvalue weighted by Crippen LogP contribution is -2.42. The van der Waals surface area contributed by atoms with Crippen molar-refractivity contribution in [3.8, 4) is 0 Å². The molecule has 1 aliphatic heterocycles. The van der Waals surface area contributed by atoms with Crippen LogP contribution in [0.5, 0.6) is 0 Å². The van der Waals surface area contributed by atoms with Gasteiger partial charge in [-0.1, -0.05) is 27.7 Å². The maximum atomic E-state index is 12.2. The fraction of sp³-hybridized carbons (Fsp3) is 1.00. The summed E-state index contributed by atoms with van der Waals surface area (Å²) in [6, 6.07) is 0. The van der Waals surface area contributed by atoms with Crippen molar-refractivity contribution in [1.29, 1.82) is 0 Å². The van der Waals surface area contributed by atoms with Gasteiger partial charge in [-0.15, -0.1) is 0 Å². The molecule has 0 bridgehead atoms. The van der Waals surface area contributed by atoms with Crippen molar-refractivity contribution in [2.45, 2.75) is 45.8 Å². The van der Waals surface area contributed by atoms with Gasteiger partial charge >= 0.3 is 0 Å². The summed E-state index contributed by atoms with van der Waals surface area (Å²) in [6.07, 6.45) is 1.46. The number of sulfonamides is 1. The molecule has 2 fully saturated rings. The molecule has 1 heterocycles. The Morgan fingerprint density at radius 2 is 1.61 bits per heavy atom. The topological polar surface area (TPSA) is 58.2 Å². The van der Waals surface area contributed by atoms with E-state index in [9.17, 15) is 8.42 Å². The minimum atomic E-state index is -3.13. The second-order valence-corrected chi connectivity index (χ2v) is 8.88. The maximum absolute atomic E-state index is 12.2. The molecule has 0 atom stereocenters. The zero-order valence-corrected chi connectivity index (χ0v) is 12.7. The van der Waals surface area contributed by atoms with E-state index in [-0.39, 0.29) is 16.1 Å². The number of hydrogen-bond acceptors (Lipinski definition) is 3. The lowest BCUT2D eigenvalue weighted by molar-refractivity contribution is 0.457. The maximum Gasteiger partial charge on any atom is 0.214 e. The highest BCUT2D eigenvalue weighted by Crippen LogP contribution is 2.67. The number of piperidine rings is 1. The third-order valence-electron chi connectivity index (χ3n) is 5.53. The Labute approximate surface area is 111 Å². The second kappa shape index (κ2) is 4.46. The Morgan fingerprint density at radius 3 is 2.06 bits per heavy atom. The zero-order valence-electron chi connectivity index (χ0n) is 11.9. The van der Waals surface area contributed by atoms with Crippen LogP contribution in [-0.4, -0.2) is 33.3 Å². The standard InChI is InChI=1S/C13H26N2O2S/c1-12(2)11(13(12,3)4)9-15-18(16,17)10-5-7-14-8-6-10/h10-11,14-15H,5-9H2,1-4H3. The molecule has 18 heavy (non-hydrogen) atoms. The first-order valence-corrected chi connectivity index (χ1v) is 8.43. The van der Waals surface area contributed by atoms with Gasteiger partial charge in [0.1, 0.15) is 0 Å². The Morgan fingerprint density at radius 1 is 1.11 bits per heavy atom. The summed E-state index contributed by atoms with van der Waals surface area (Å²) in [6.45, 7) is 11.1. The fourth-order valence-corrected chi connectivity index (χ4v) is 4.76. The van der Waals surface area contributed by atoms with Gasteiger partial charge in [-0.2, -0.15) is 0 Å². The Hall–Kier alpha value is -0.130. The number of hydrogen-bond donors (Lipinski definition) is 2. The first kappa shape index (κ1) is 14.3. The van der Waals surface area contributed by atoms with E-state index in [1.807, 2.05) is 0 Å². The van der Waals surface area contributed by atoms with Gasteiger partial charge in [-0.25, -0.2) is 13.1 Å². The highest BCUT2D eigenvalue weighted by atomic mass is 32.2. The van der Waals surface area contributed by atoms with Crippen molar-refractivity contribution in [1.82, 2.24) is 10.0 Å². The Balaban J connectivity index is 1.90. The summed E-state index contributed by atoms with van der Waals surface area (Å²) in [5.74, 6) is 0.446. The SMILES string of the molecule is CC1(C)C(CNS(=O)(=O)C2CCNCC2)C1(C)C. The van der Waals surface area contributed by atoms with Crippen LogP contribution in [0.15, 0.2) is 0 Å². The molecular weight excluding hydrogens is 248 g/mol. The summed E-state index contributed by atoms with van der Waals surface area (Å²) in [4.78, 5) is 0. The molecule has 0 aromatic carbocycles. The number of nitrogens with one attached hydrogen (secondary N) is 2. The second-order valence-electron chi connectivity index (χ2n) is 6.84. The van der Waals surface area contributed by atoms with Crippen LogP contribution < -0.4 is 10.0 Å². The first-order valence-electron chi connectivity index (χ1n) is 6.89. The highest BCUT2D eigenvalue weighted by molar-refractivity contribution is 7.90. The van der Waals surface area contributed by atoms with Crippen LogP contribution in [0.2, 0.25) is 0 Å². The average molecular weight is 274 g/mol. The normalized spacial score (nSPS) is 28.2. The first-order chi connectivity index (χ1) is 8.19. The fourth-order valence-electron chi connectivity index (χ4n) is 3.27. The summed E-state index contributed by atoms with van der Waals surface area (Å²) in [7, 11) is -3.13. The van der Waals surface area contributed by atoms with Crippen LogP contribution in [-0.2, 0) is 10.0 Å². The van der Waals surface area contributed by atoms with Crippen LogP contribution in [0.3, 0.4) is 0 Å². The average Bonchev–Trinajstić information content (AvgIpc) is 2.68. The molecule has 2 rings (SSSR count). The van der Waals surface area contributed by atoms with Gasteiger partial charge in [0.05, 0.1) is 5.25 Å². The molecule has 0 aromatic rings. The minimum Gasteiger partial charge on any atom is -0.317 e. The van der Waals surface area contributed by atoms with E-state index in [0.717, 1.165) is 25.9 Å². The molecule has 1 aliphatic carbocycles. The Bertz CT molecular complexity index is 395. The van der Waals surface area contributed by atoms with E-state index in [2.05, 4.69) is 37.7 Å². The molecule has 2 N–H and O–H groups in total. The third kappa shape index (κ3) is 2.32. The largest absolute Gasteiger partial charge is 0.317 e. The van der Waals surface area contributed by atoms with Gasteiger partial charge < -0.3 is 5.32 Å². The molecule has 0 spiro atoms. The molecule has 4 nitrogen and oxygen atoms in total. The highest BCUT2D eigenvalue weighted by Gasteiger charge is 2.64. The third-order valence-corrected chi connectivity index (χ3v) is 7.45. The van der Waals surface area contributed by atoms with Crippen LogP contribution in [0, 0.1) is 16.7 Å². The summed E-state index contributed by atoms with van der Waals surface area (Å²) in [5, 5.41) is 2.99. The van der Waals surface area contributed by atoms with Crippen LogP contribution >= 0.6 is 0 Å². The molecule has 0 radical (unpaired) electrons. The lowest BCUT2D eigenvalue weighted by atomic mass is 10.0. The van der Waals surface area contributed by atoms with Crippen molar-refractivity contribution in [3.05, 3.63) is 0 Å². The molecule has 0 amide bonds. The van der Waals surface area contributed by atoms with Crippen LogP contribution in [0.4, 0.5) is 0 Å². The summed E-state index contributed by atoms with van der Waals surface area (Å²) >= 11 is 0. The van der Waals surface area contributed by atoms with Crippen molar-refractivity contribution in [2.75, 3.05) is 19.6 Å². The smallest absolute Gasteiger partial charge is 0.214 e. The van der Waals surface area contributed by atoms with Crippen LogP contribution in [0.1, 0.15) is 40.5 Å². The van der Waals surface area contributed by atoms with E-state index < -0.39 is 10.0 Å². The van der Waals surface area contributed by atoms with Crippen LogP contribution in [0.25, 0.3) is 0 Å². The summed E-state index contributed by atoms with van der Waals surface area (Å²) < 4.78 is 27.2. The monoisotopic (exact) mass is 274 g/mol. The Kier molecular flexibility index (Phi) is 3.54. The van der Waals surface area contributed by atoms with Crippen molar-refractivity contribution < 1.29 is 8.42 Å². The van der Waals surface area contributed by atoms with Gasteiger partial charge in [0.15, 0.2) is 0 Å². The van der Waals surface area contributed by atoms with E-state index in [0.29, 0.717) is 12.5 Å². The predicted octanol–water partition coefficient (Wildman–Crippen LogP) is 1.34. The lowest BCUT2D eigenvalue weighted by Gasteiger charge is -2.23. The van der Waals surface area contributed by atoms with E-state index in [1.165, 1.54) is 0 Å². The van der Waals surface area contributed by atoms with Gasteiger partial charge in [-0.05, 0) is 42.7 Å².